The molecule has 0 unspecified atom stereocenters. The van der Waals surface area contributed by atoms with Crippen molar-refractivity contribution in [3.05, 3.63) is 69.2 Å². The number of halogens is 2. The fourth-order valence-corrected chi connectivity index (χ4v) is 5.11. The molecule has 0 radical (unpaired) electrons. The van der Waals surface area contributed by atoms with E-state index in [0.29, 0.717) is 27.6 Å². The van der Waals surface area contributed by atoms with Crippen LogP contribution in [0.25, 0.3) is 0 Å². The quantitative estimate of drug-likeness (QED) is 0.707. The van der Waals surface area contributed by atoms with Crippen LogP contribution in [0.1, 0.15) is 34.3 Å². The number of carbonyl (C=O) groups is 2. The highest BCUT2D eigenvalue weighted by Crippen LogP contribution is 2.79. The summed E-state index contributed by atoms with van der Waals surface area (Å²) in [6.07, 6.45) is 0.304. The number of hydrogen-bond donors (Lipinski definition) is 0. The first kappa shape index (κ1) is 18.0. The molecule has 2 aliphatic carbocycles. The molecule has 0 aromatic heterocycles. The maximum atomic E-state index is 13.4. The zero-order valence-electron chi connectivity index (χ0n) is 14.5. The maximum absolute atomic E-state index is 13.4. The Labute approximate surface area is 166 Å². The molecule has 2 aromatic carbocycles. The van der Waals surface area contributed by atoms with E-state index >= 15 is 0 Å². The van der Waals surface area contributed by atoms with Crippen molar-refractivity contribution in [3.63, 3.8) is 0 Å². The average molecular weight is 400 g/mol. The van der Waals surface area contributed by atoms with Crippen molar-refractivity contribution in [2.45, 2.75) is 19.3 Å². The van der Waals surface area contributed by atoms with Gasteiger partial charge in [0.05, 0.1) is 18.1 Å². The van der Waals surface area contributed by atoms with E-state index < -0.39 is 22.7 Å². The molecule has 2 aromatic rings. The fourth-order valence-electron chi connectivity index (χ4n) is 4.59. The van der Waals surface area contributed by atoms with Crippen LogP contribution in [0.5, 0.6) is 0 Å². The standard InChI is InChI=1S/C21H15Cl2NO3/c1-2-27-19(26)21(11-24)17(15-8-7-13(22)9-16(15)23)20(21)10-12-5-3-4-6-14(12)18(20)25/h3-9,17H,2,10H2,1H3/t17-,20+,21-/m0/s1. The summed E-state index contributed by atoms with van der Waals surface area (Å²) >= 11 is 12.4. The third-order valence-corrected chi connectivity index (χ3v) is 6.29. The molecule has 1 spiro atoms. The largest absolute Gasteiger partial charge is 0.465 e. The Morgan fingerprint density at radius 2 is 2.04 bits per heavy atom. The molecular weight excluding hydrogens is 385 g/mol. The zero-order chi connectivity index (χ0) is 19.4. The van der Waals surface area contributed by atoms with Crippen LogP contribution < -0.4 is 0 Å². The van der Waals surface area contributed by atoms with Gasteiger partial charge in [0.15, 0.2) is 11.2 Å². The molecule has 6 heteroatoms. The van der Waals surface area contributed by atoms with Gasteiger partial charge in [-0.3, -0.25) is 9.59 Å². The number of hydrogen-bond acceptors (Lipinski definition) is 4. The van der Waals surface area contributed by atoms with Gasteiger partial charge >= 0.3 is 5.97 Å². The molecule has 27 heavy (non-hydrogen) atoms. The number of nitrogens with zero attached hydrogens (tertiary/aromatic N) is 1. The van der Waals surface area contributed by atoms with Gasteiger partial charge in [-0.1, -0.05) is 53.5 Å². The number of nitriles is 1. The van der Waals surface area contributed by atoms with Crippen LogP contribution in [-0.2, 0) is 16.0 Å². The molecule has 1 fully saturated rings. The first-order valence-electron chi connectivity index (χ1n) is 8.60. The molecule has 0 N–H and O–H groups in total. The minimum atomic E-state index is -1.60. The first-order valence-corrected chi connectivity index (χ1v) is 9.35. The maximum Gasteiger partial charge on any atom is 0.328 e. The molecule has 0 aliphatic heterocycles. The van der Waals surface area contributed by atoms with Gasteiger partial charge in [-0.15, -0.1) is 0 Å². The number of rotatable bonds is 3. The summed E-state index contributed by atoms with van der Waals surface area (Å²) in [6.45, 7) is 1.80. The van der Waals surface area contributed by atoms with E-state index in [4.69, 9.17) is 27.9 Å². The lowest BCUT2D eigenvalue weighted by molar-refractivity contribution is -0.148. The minimum Gasteiger partial charge on any atom is -0.465 e. The number of benzene rings is 2. The normalized spacial score (nSPS) is 27.9. The smallest absolute Gasteiger partial charge is 0.328 e. The molecular formula is C21H15Cl2NO3. The number of Topliss-reactive ketones (excluding diaryl/α,β-unsaturated/α-hetero) is 1. The predicted octanol–water partition coefficient (Wildman–Crippen LogP) is 4.59. The highest BCUT2D eigenvalue weighted by atomic mass is 35.5. The monoisotopic (exact) mass is 399 g/mol. The summed E-state index contributed by atoms with van der Waals surface area (Å²) in [5.41, 5.74) is -0.851. The van der Waals surface area contributed by atoms with Gasteiger partial charge in [0.1, 0.15) is 0 Å². The fraction of sp³-hybridized carbons (Fsp3) is 0.286. The summed E-state index contributed by atoms with van der Waals surface area (Å²) in [5.74, 6) is -1.56. The third kappa shape index (κ3) is 2.16. The summed E-state index contributed by atoms with van der Waals surface area (Å²) in [5, 5.41) is 10.9. The summed E-state index contributed by atoms with van der Waals surface area (Å²) in [7, 11) is 0. The lowest BCUT2D eigenvalue weighted by atomic mass is 9.89. The number of fused-ring (bicyclic) bond motifs is 1. The van der Waals surface area contributed by atoms with Crippen LogP contribution in [-0.4, -0.2) is 18.4 Å². The van der Waals surface area contributed by atoms with E-state index in [1.165, 1.54) is 0 Å². The first-order chi connectivity index (χ1) is 12.9. The van der Waals surface area contributed by atoms with Crippen molar-refractivity contribution in [1.29, 1.82) is 5.26 Å². The highest BCUT2D eigenvalue weighted by molar-refractivity contribution is 6.35. The minimum absolute atomic E-state index is 0.126. The van der Waals surface area contributed by atoms with E-state index in [9.17, 15) is 14.9 Å². The molecule has 2 aliphatic rings. The van der Waals surface area contributed by atoms with Gasteiger partial charge < -0.3 is 4.74 Å². The number of ketones is 1. The van der Waals surface area contributed by atoms with Gasteiger partial charge in [-0.05, 0) is 36.6 Å². The molecule has 0 heterocycles. The topological polar surface area (TPSA) is 67.2 Å². The lowest BCUT2D eigenvalue weighted by Crippen LogP contribution is -2.28. The number of carbonyl (C=O) groups excluding carboxylic acids is 2. The molecule has 4 rings (SSSR count). The third-order valence-electron chi connectivity index (χ3n) is 5.73. The Morgan fingerprint density at radius 1 is 1.30 bits per heavy atom. The molecule has 0 bridgehead atoms. The Hall–Kier alpha value is -2.35. The van der Waals surface area contributed by atoms with E-state index in [1.807, 2.05) is 12.1 Å². The Kier molecular flexibility index (Phi) is 4.06. The van der Waals surface area contributed by atoms with Gasteiger partial charge in [0, 0.05) is 21.5 Å². The van der Waals surface area contributed by atoms with Crippen molar-refractivity contribution in [2.75, 3.05) is 6.61 Å². The number of esters is 1. The second kappa shape index (κ2) is 6.09. The molecule has 3 atom stereocenters. The second-order valence-corrected chi connectivity index (χ2v) is 7.72. The molecule has 1 saturated carbocycles. The molecule has 0 saturated heterocycles. The van der Waals surface area contributed by atoms with Gasteiger partial charge in [0.2, 0.25) is 0 Å². The van der Waals surface area contributed by atoms with Crippen LogP contribution in [0.15, 0.2) is 42.5 Å². The molecule has 4 nitrogen and oxygen atoms in total. The van der Waals surface area contributed by atoms with Crippen molar-refractivity contribution < 1.29 is 14.3 Å². The predicted molar refractivity (Wildman–Crippen MR) is 101 cm³/mol. The van der Waals surface area contributed by atoms with Crippen LogP contribution in [0.3, 0.4) is 0 Å². The second-order valence-electron chi connectivity index (χ2n) is 6.87. The summed E-state index contributed by atoms with van der Waals surface area (Å²) < 4.78 is 5.23. The Morgan fingerprint density at radius 3 is 2.67 bits per heavy atom. The van der Waals surface area contributed by atoms with Gasteiger partial charge in [-0.25, -0.2) is 0 Å². The van der Waals surface area contributed by atoms with Gasteiger partial charge in [-0.2, -0.15) is 5.26 Å². The average Bonchev–Trinajstić information content (AvgIpc) is 3.13. The van der Waals surface area contributed by atoms with Crippen LogP contribution in [0, 0.1) is 22.2 Å². The van der Waals surface area contributed by atoms with Gasteiger partial charge in [0.25, 0.3) is 0 Å². The molecule has 0 amide bonds. The highest BCUT2D eigenvalue weighted by Gasteiger charge is 2.87. The van der Waals surface area contributed by atoms with E-state index in [1.54, 1.807) is 37.3 Å². The molecule has 136 valence electrons. The Balaban J connectivity index is 1.93. The zero-order valence-corrected chi connectivity index (χ0v) is 16.0. The summed E-state index contributed by atoms with van der Waals surface area (Å²) in [4.78, 5) is 26.3. The lowest BCUT2D eigenvalue weighted by Gasteiger charge is -2.12. The van der Waals surface area contributed by atoms with Crippen molar-refractivity contribution in [1.82, 2.24) is 0 Å². The van der Waals surface area contributed by atoms with Crippen LogP contribution >= 0.6 is 23.2 Å². The van der Waals surface area contributed by atoms with Crippen molar-refractivity contribution in [3.8, 4) is 6.07 Å². The number of ether oxygens (including phenoxy) is 1. The SMILES string of the molecule is CCOC(=O)[C@]1(C#N)[C@@H](c2ccc(Cl)cc2Cl)[C@@]12Cc1ccccc1C2=O. The Bertz CT molecular complexity index is 1030. The van der Waals surface area contributed by atoms with Crippen LogP contribution in [0.2, 0.25) is 10.0 Å². The van der Waals surface area contributed by atoms with Crippen molar-refractivity contribution in [2.24, 2.45) is 10.8 Å². The van der Waals surface area contributed by atoms with E-state index in [-0.39, 0.29) is 12.4 Å². The van der Waals surface area contributed by atoms with E-state index in [2.05, 4.69) is 6.07 Å². The van der Waals surface area contributed by atoms with Crippen molar-refractivity contribution >= 4 is 35.0 Å². The van der Waals surface area contributed by atoms with E-state index in [0.717, 1.165) is 5.56 Å². The summed E-state index contributed by atoms with van der Waals surface area (Å²) in [6, 6.07) is 14.2. The van der Waals surface area contributed by atoms with Crippen LogP contribution in [0.4, 0.5) is 0 Å².